The van der Waals surface area contributed by atoms with E-state index >= 15 is 0 Å². The molecule has 0 saturated carbocycles. The van der Waals surface area contributed by atoms with Crippen molar-refractivity contribution in [2.75, 3.05) is 13.1 Å². The highest BCUT2D eigenvalue weighted by atomic mass is 14.8. The third-order valence-electron chi connectivity index (χ3n) is 1.21. The third-order valence-corrected chi connectivity index (χ3v) is 1.21. The Morgan fingerprint density at radius 3 is 1.73 bits per heavy atom. The van der Waals surface area contributed by atoms with Gasteiger partial charge in [0, 0.05) is 25.9 Å². The summed E-state index contributed by atoms with van der Waals surface area (Å²) < 4.78 is 0. The Morgan fingerprint density at radius 1 is 0.909 bits per heavy atom. The van der Waals surface area contributed by atoms with E-state index in [-0.39, 0.29) is 0 Å². The molecule has 0 amide bonds. The molecular weight excluding hydrogens is 134 g/mol. The average molecular weight is 149 g/mol. The van der Waals surface area contributed by atoms with Gasteiger partial charge in [0.25, 0.3) is 0 Å². The van der Waals surface area contributed by atoms with Crippen molar-refractivity contribution in [2.45, 2.75) is 26.7 Å². The van der Waals surface area contributed by atoms with Gasteiger partial charge in [-0.3, -0.25) is 0 Å². The van der Waals surface area contributed by atoms with E-state index in [1.54, 1.807) is 0 Å². The first-order valence-corrected chi connectivity index (χ1v) is 3.91. The topological polar surface area (TPSA) is 12.0 Å². The van der Waals surface area contributed by atoms with Gasteiger partial charge in [-0.05, 0) is 13.8 Å². The lowest BCUT2D eigenvalue weighted by Gasteiger charge is -1.95. The molecule has 0 aromatic rings. The predicted octanol–water partition coefficient (Wildman–Crippen LogP) is 1.40. The monoisotopic (exact) mass is 149 g/mol. The summed E-state index contributed by atoms with van der Waals surface area (Å²) in [5.74, 6) is 11.7. The quantitative estimate of drug-likeness (QED) is 0.470. The molecule has 0 aromatic heterocycles. The fraction of sp³-hybridized carbons (Fsp3) is 0.600. The molecule has 60 valence electrons. The Hall–Kier alpha value is -0.920. The standard InChI is InChI=1S/C10H15N/c1-3-5-7-9-11-10-8-6-4-2/h11H,7-10H2,1-2H3. The highest BCUT2D eigenvalue weighted by molar-refractivity contribution is 4.96. The van der Waals surface area contributed by atoms with E-state index in [4.69, 9.17) is 0 Å². The fourth-order valence-electron chi connectivity index (χ4n) is 0.677. The molecule has 0 atom stereocenters. The van der Waals surface area contributed by atoms with Crippen molar-refractivity contribution >= 4 is 0 Å². The highest BCUT2D eigenvalue weighted by Crippen LogP contribution is 1.74. The summed E-state index contributed by atoms with van der Waals surface area (Å²) >= 11 is 0. The SMILES string of the molecule is CC#CCCNCCC#CC. The van der Waals surface area contributed by atoms with Crippen LogP contribution in [-0.4, -0.2) is 13.1 Å². The van der Waals surface area contributed by atoms with E-state index in [0.717, 1.165) is 25.9 Å². The van der Waals surface area contributed by atoms with Crippen LogP contribution in [-0.2, 0) is 0 Å². The zero-order valence-electron chi connectivity index (χ0n) is 7.33. The number of rotatable bonds is 4. The Labute approximate surface area is 69.6 Å². The van der Waals surface area contributed by atoms with Crippen molar-refractivity contribution in [1.82, 2.24) is 5.32 Å². The van der Waals surface area contributed by atoms with Crippen LogP contribution >= 0.6 is 0 Å². The van der Waals surface area contributed by atoms with Crippen LogP contribution in [0.3, 0.4) is 0 Å². The summed E-state index contributed by atoms with van der Waals surface area (Å²) in [4.78, 5) is 0. The second-order valence-corrected chi connectivity index (χ2v) is 2.10. The first kappa shape index (κ1) is 10.1. The zero-order chi connectivity index (χ0) is 8.36. The Morgan fingerprint density at radius 2 is 1.36 bits per heavy atom. The average Bonchev–Trinajstić information content (AvgIpc) is 2.03. The van der Waals surface area contributed by atoms with Crippen molar-refractivity contribution in [3.05, 3.63) is 0 Å². The van der Waals surface area contributed by atoms with Crippen molar-refractivity contribution < 1.29 is 0 Å². The molecule has 0 saturated heterocycles. The number of hydrogen-bond acceptors (Lipinski definition) is 1. The van der Waals surface area contributed by atoms with Crippen molar-refractivity contribution in [3.8, 4) is 23.7 Å². The van der Waals surface area contributed by atoms with Crippen molar-refractivity contribution in [2.24, 2.45) is 0 Å². The summed E-state index contributed by atoms with van der Waals surface area (Å²) in [5.41, 5.74) is 0. The Kier molecular flexibility index (Phi) is 8.32. The van der Waals surface area contributed by atoms with Gasteiger partial charge in [-0.25, -0.2) is 0 Å². The lowest BCUT2D eigenvalue weighted by Crippen LogP contribution is -2.15. The minimum Gasteiger partial charge on any atom is -0.315 e. The summed E-state index contributed by atoms with van der Waals surface area (Å²) in [6.45, 7) is 5.68. The van der Waals surface area contributed by atoms with E-state index in [0.29, 0.717) is 0 Å². The first-order valence-electron chi connectivity index (χ1n) is 3.91. The molecule has 0 fully saturated rings. The summed E-state index contributed by atoms with van der Waals surface area (Å²) in [7, 11) is 0. The molecule has 0 bridgehead atoms. The van der Waals surface area contributed by atoms with E-state index in [2.05, 4.69) is 29.0 Å². The van der Waals surface area contributed by atoms with E-state index in [9.17, 15) is 0 Å². The minimum atomic E-state index is 0.941. The molecule has 0 aliphatic heterocycles. The van der Waals surface area contributed by atoms with Gasteiger partial charge >= 0.3 is 0 Å². The van der Waals surface area contributed by atoms with Crippen LogP contribution in [0.25, 0.3) is 0 Å². The van der Waals surface area contributed by atoms with Gasteiger partial charge in [0.05, 0.1) is 0 Å². The van der Waals surface area contributed by atoms with E-state index < -0.39 is 0 Å². The Bertz CT molecular complexity index is 162. The molecule has 1 nitrogen and oxygen atoms in total. The maximum Gasteiger partial charge on any atom is 0.0214 e. The molecular formula is C10H15N. The normalized spacial score (nSPS) is 7.45. The minimum absolute atomic E-state index is 0.941. The van der Waals surface area contributed by atoms with Gasteiger partial charge in [0.15, 0.2) is 0 Å². The number of nitrogens with one attached hydrogen (secondary N) is 1. The molecule has 0 spiro atoms. The van der Waals surface area contributed by atoms with Crippen LogP contribution in [0.15, 0.2) is 0 Å². The maximum atomic E-state index is 3.25. The van der Waals surface area contributed by atoms with Crippen molar-refractivity contribution in [1.29, 1.82) is 0 Å². The molecule has 0 unspecified atom stereocenters. The van der Waals surface area contributed by atoms with Gasteiger partial charge in [0.1, 0.15) is 0 Å². The van der Waals surface area contributed by atoms with E-state index in [1.165, 1.54) is 0 Å². The second-order valence-electron chi connectivity index (χ2n) is 2.10. The largest absolute Gasteiger partial charge is 0.315 e. The van der Waals surface area contributed by atoms with Gasteiger partial charge in [-0.15, -0.1) is 23.7 Å². The third kappa shape index (κ3) is 9.08. The molecule has 0 radical (unpaired) electrons. The van der Waals surface area contributed by atoms with Gasteiger partial charge in [0.2, 0.25) is 0 Å². The van der Waals surface area contributed by atoms with Gasteiger partial charge in [-0.1, -0.05) is 0 Å². The van der Waals surface area contributed by atoms with Crippen LogP contribution in [0.4, 0.5) is 0 Å². The lowest BCUT2D eigenvalue weighted by molar-refractivity contribution is 0.708. The van der Waals surface area contributed by atoms with Gasteiger partial charge in [-0.2, -0.15) is 0 Å². The molecule has 0 rings (SSSR count). The van der Waals surface area contributed by atoms with Crippen LogP contribution in [0.2, 0.25) is 0 Å². The molecule has 1 heteroatoms. The van der Waals surface area contributed by atoms with Crippen LogP contribution in [0, 0.1) is 23.7 Å². The zero-order valence-corrected chi connectivity index (χ0v) is 7.33. The van der Waals surface area contributed by atoms with Crippen LogP contribution in [0.1, 0.15) is 26.7 Å². The molecule has 0 aliphatic rings. The van der Waals surface area contributed by atoms with Crippen LogP contribution < -0.4 is 5.32 Å². The maximum absolute atomic E-state index is 3.25. The lowest BCUT2D eigenvalue weighted by atomic mass is 10.4. The highest BCUT2D eigenvalue weighted by Gasteiger charge is 1.81. The Balaban J connectivity index is 2.98. The van der Waals surface area contributed by atoms with Crippen LogP contribution in [0.5, 0.6) is 0 Å². The molecule has 11 heavy (non-hydrogen) atoms. The molecule has 0 heterocycles. The summed E-state index contributed by atoms with van der Waals surface area (Å²) in [6.07, 6.45) is 1.88. The predicted molar refractivity (Wildman–Crippen MR) is 49.0 cm³/mol. The molecule has 0 aliphatic carbocycles. The summed E-state index contributed by atoms with van der Waals surface area (Å²) in [6, 6.07) is 0. The first-order chi connectivity index (χ1) is 5.41. The van der Waals surface area contributed by atoms with Crippen molar-refractivity contribution in [3.63, 3.8) is 0 Å². The fourth-order valence-corrected chi connectivity index (χ4v) is 0.677. The number of hydrogen-bond donors (Lipinski definition) is 1. The summed E-state index contributed by atoms with van der Waals surface area (Å²) in [5, 5.41) is 3.25. The second kappa shape index (κ2) is 9.08. The molecule has 0 aromatic carbocycles. The van der Waals surface area contributed by atoms with E-state index in [1.807, 2.05) is 13.8 Å². The molecule has 1 N–H and O–H groups in total. The van der Waals surface area contributed by atoms with Gasteiger partial charge < -0.3 is 5.32 Å². The smallest absolute Gasteiger partial charge is 0.0214 e.